The number of aryl methyl sites for hydroxylation is 1. The average Bonchev–Trinajstić information content (AvgIpc) is 2.95. The largest absolute Gasteiger partial charge is 0.322 e. The smallest absolute Gasteiger partial charge is 0.266 e. The Kier molecular flexibility index (Phi) is 4.86. The Morgan fingerprint density at radius 3 is 2.21 bits per heavy atom. The Balaban J connectivity index is 1.62. The van der Waals surface area contributed by atoms with Gasteiger partial charge < -0.3 is 5.32 Å². The predicted molar refractivity (Wildman–Crippen MR) is 113 cm³/mol. The van der Waals surface area contributed by atoms with Crippen LogP contribution in [0.1, 0.15) is 36.6 Å². The summed E-state index contributed by atoms with van der Waals surface area (Å²) in [6, 6.07) is 16.2. The van der Waals surface area contributed by atoms with Crippen molar-refractivity contribution in [3.8, 4) is 0 Å². The van der Waals surface area contributed by atoms with E-state index in [1.165, 1.54) is 24.3 Å². The lowest BCUT2D eigenvalue weighted by Gasteiger charge is -2.13. The van der Waals surface area contributed by atoms with Gasteiger partial charge in [0, 0.05) is 11.3 Å². The van der Waals surface area contributed by atoms with Crippen LogP contribution in [0, 0.1) is 6.92 Å². The third kappa shape index (κ3) is 3.50. The topological polar surface area (TPSA) is 66.5 Å². The Bertz CT molecular complexity index is 1170. The van der Waals surface area contributed by atoms with Crippen molar-refractivity contribution < 1.29 is 14.4 Å². The molecule has 0 atom stereocenters. The van der Waals surface area contributed by atoms with E-state index in [2.05, 4.69) is 5.32 Å². The minimum Gasteiger partial charge on any atom is -0.322 e. The summed E-state index contributed by atoms with van der Waals surface area (Å²) < 4.78 is 0. The SMILES string of the molecule is Cc1ccc(N2C(=O)c3ccc(C(=O)Nc4ccc(Cl)c(Cl)c4)cc3C2=O)cc1. The molecule has 5 nitrogen and oxygen atoms in total. The molecule has 7 heteroatoms. The van der Waals surface area contributed by atoms with E-state index in [4.69, 9.17) is 23.2 Å². The zero-order valence-electron chi connectivity index (χ0n) is 15.2. The minimum atomic E-state index is -0.460. The molecule has 3 aromatic carbocycles. The van der Waals surface area contributed by atoms with Crippen LogP contribution in [0.15, 0.2) is 60.7 Å². The third-order valence-corrected chi connectivity index (χ3v) is 5.36. The van der Waals surface area contributed by atoms with E-state index < -0.39 is 17.7 Å². The van der Waals surface area contributed by atoms with Gasteiger partial charge in [0.2, 0.25) is 0 Å². The molecule has 1 aliphatic rings. The summed E-state index contributed by atoms with van der Waals surface area (Å²) in [6.07, 6.45) is 0. The van der Waals surface area contributed by atoms with Gasteiger partial charge in [0.15, 0.2) is 0 Å². The number of amides is 3. The van der Waals surface area contributed by atoms with Crippen LogP contribution in [0.2, 0.25) is 10.0 Å². The van der Waals surface area contributed by atoms with Crippen molar-refractivity contribution in [3.05, 3.63) is 93.0 Å². The van der Waals surface area contributed by atoms with Gasteiger partial charge in [0.05, 0.1) is 26.9 Å². The number of fused-ring (bicyclic) bond motifs is 1. The van der Waals surface area contributed by atoms with Crippen LogP contribution in [0.5, 0.6) is 0 Å². The lowest BCUT2D eigenvalue weighted by molar-refractivity contribution is 0.0925. The number of benzene rings is 3. The van der Waals surface area contributed by atoms with E-state index in [1.54, 1.807) is 24.3 Å². The van der Waals surface area contributed by atoms with Crippen molar-refractivity contribution in [2.75, 3.05) is 10.2 Å². The maximum absolute atomic E-state index is 12.8. The number of nitrogens with zero attached hydrogens (tertiary/aromatic N) is 1. The summed E-state index contributed by atoms with van der Waals surface area (Å²) in [5.74, 6) is -1.30. The molecule has 0 aromatic heterocycles. The first-order chi connectivity index (χ1) is 13.8. The summed E-state index contributed by atoms with van der Waals surface area (Å²) in [7, 11) is 0. The van der Waals surface area contributed by atoms with Crippen LogP contribution in [-0.2, 0) is 0 Å². The molecule has 0 aliphatic carbocycles. The summed E-state index contributed by atoms with van der Waals surface area (Å²) >= 11 is 11.9. The molecule has 0 unspecified atom stereocenters. The molecule has 1 heterocycles. The number of imide groups is 1. The number of hydrogen-bond donors (Lipinski definition) is 1. The second kappa shape index (κ2) is 7.35. The molecule has 144 valence electrons. The highest BCUT2D eigenvalue weighted by atomic mass is 35.5. The molecule has 4 rings (SSSR count). The third-order valence-electron chi connectivity index (χ3n) is 4.62. The zero-order valence-corrected chi connectivity index (χ0v) is 16.7. The fourth-order valence-electron chi connectivity index (χ4n) is 3.09. The quantitative estimate of drug-likeness (QED) is 0.575. The van der Waals surface area contributed by atoms with Crippen molar-refractivity contribution in [1.29, 1.82) is 0 Å². The molecule has 1 N–H and O–H groups in total. The zero-order chi connectivity index (χ0) is 20.7. The lowest BCUT2D eigenvalue weighted by Crippen LogP contribution is -2.29. The van der Waals surface area contributed by atoms with Gasteiger partial charge in [-0.15, -0.1) is 0 Å². The number of carbonyl (C=O) groups is 3. The highest BCUT2D eigenvalue weighted by molar-refractivity contribution is 6.42. The maximum atomic E-state index is 12.8. The number of rotatable bonds is 3. The van der Waals surface area contributed by atoms with E-state index in [9.17, 15) is 14.4 Å². The van der Waals surface area contributed by atoms with Crippen LogP contribution in [-0.4, -0.2) is 17.7 Å². The van der Waals surface area contributed by atoms with E-state index >= 15 is 0 Å². The molecule has 0 saturated carbocycles. The van der Waals surface area contributed by atoms with Gasteiger partial charge in [-0.05, 0) is 55.5 Å². The average molecular weight is 425 g/mol. The molecule has 0 spiro atoms. The highest BCUT2D eigenvalue weighted by Crippen LogP contribution is 2.30. The Morgan fingerprint density at radius 1 is 0.828 bits per heavy atom. The second-order valence-corrected chi connectivity index (χ2v) is 7.44. The second-order valence-electron chi connectivity index (χ2n) is 6.62. The van der Waals surface area contributed by atoms with Crippen LogP contribution in [0.3, 0.4) is 0 Å². The first-order valence-corrected chi connectivity index (χ1v) is 9.46. The van der Waals surface area contributed by atoms with Crippen molar-refractivity contribution in [2.24, 2.45) is 0 Å². The molecule has 0 radical (unpaired) electrons. The fraction of sp³-hybridized carbons (Fsp3) is 0.0455. The lowest BCUT2D eigenvalue weighted by atomic mass is 10.1. The molecule has 1 aliphatic heterocycles. The molecule has 3 amide bonds. The summed E-state index contributed by atoms with van der Waals surface area (Å²) in [5, 5.41) is 3.39. The normalized spacial score (nSPS) is 12.9. The molecular weight excluding hydrogens is 411 g/mol. The number of nitrogens with one attached hydrogen (secondary N) is 1. The monoisotopic (exact) mass is 424 g/mol. The van der Waals surface area contributed by atoms with Crippen molar-refractivity contribution in [3.63, 3.8) is 0 Å². The van der Waals surface area contributed by atoms with E-state index in [-0.39, 0.29) is 16.7 Å². The van der Waals surface area contributed by atoms with Crippen LogP contribution in [0.4, 0.5) is 11.4 Å². The number of anilines is 2. The van der Waals surface area contributed by atoms with Gasteiger partial charge in [-0.3, -0.25) is 14.4 Å². The van der Waals surface area contributed by atoms with Crippen molar-refractivity contribution in [1.82, 2.24) is 0 Å². The molecule has 3 aromatic rings. The fourth-order valence-corrected chi connectivity index (χ4v) is 3.39. The summed E-state index contributed by atoms with van der Waals surface area (Å²) in [4.78, 5) is 39.3. The minimum absolute atomic E-state index is 0.192. The van der Waals surface area contributed by atoms with Crippen molar-refractivity contribution >= 4 is 52.3 Å². The van der Waals surface area contributed by atoms with Crippen LogP contribution >= 0.6 is 23.2 Å². The van der Waals surface area contributed by atoms with Gasteiger partial charge in [0.1, 0.15) is 0 Å². The number of hydrogen-bond acceptors (Lipinski definition) is 3. The Labute approximate surface area is 176 Å². The molecular formula is C22H14Cl2N2O3. The Morgan fingerprint density at radius 2 is 1.52 bits per heavy atom. The molecule has 0 fully saturated rings. The number of halogens is 2. The molecule has 29 heavy (non-hydrogen) atoms. The van der Waals surface area contributed by atoms with Gasteiger partial charge in [0.25, 0.3) is 17.7 Å². The van der Waals surface area contributed by atoms with Gasteiger partial charge in [-0.1, -0.05) is 40.9 Å². The van der Waals surface area contributed by atoms with E-state index in [0.717, 1.165) is 10.5 Å². The van der Waals surface area contributed by atoms with E-state index in [0.29, 0.717) is 21.4 Å². The van der Waals surface area contributed by atoms with Gasteiger partial charge in [-0.25, -0.2) is 4.90 Å². The van der Waals surface area contributed by atoms with Crippen molar-refractivity contribution in [2.45, 2.75) is 6.92 Å². The molecule has 0 bridgehead atoms. The number of carbonyl (C=O) groups excluding carboxylic acids is 3. The van der Waals surface area contributed by atoms with E-state index in [1.807, 2.05) is 19.1 Å². The summed E-state index contributed by atoms with van der Waals surface area (Å²) in [6.45, 7) is 1.92. The standard InChI is InChI=1S/C22H14Cl2N2O3/c1-12-2-6-15(7-3-12)26-21(28)16-8-4-13(10-17(16)22(26)29)20(27)25-14-5-9-18(23)19(24)11-14/h2-11H,1H3,(H,25,27). The first kappa shape index (κ1) is 19.2. The Hall–Kier alpha value is -3.15. The highest BCUT2D eigenvalue weighted by Gasteiger charge is 2.37. The maximum Gasteiger partial charge on any atom is 0.266 e. The predicted octanol–water partition coefficient (Wildman–Crippen LogP) is 5.35. The van der Waals surface area contributed by atoms with Gasteiger partial charge >= 0.3 is 0 Å². The summed E-state index contributed by atoms with van der Waals surface area (Å²) in [5.41, 5.74) is 2.68. The first-order valence-electron chi connectivity index (χ1n) is 8.71. The molecule has 0 saturated heterocycles. The van der Waals surface area contributed by atoms with Crippen LogP contribution in [0.25, 0.3) is 0 Å². The van der Waals surface area contributed by atoms with Gasteiger partial charge in [-0.2, -0.15) is 0 Å². The van der Waals surface area contributed by atoms with Crippen LogP contribution < -0.4 is 10.2 Å².